The first-order valence-electron chi connectivity index (χ1n) is 10.9. The Hall–Kier alpha value is -0.600. The highest BCUT2D eigenvalue weighted by molar-refractivity contribution is 5.02. The lowest BCUT2D eigenvalue weighted by Gasteiger charge is -2.06. The summed E-state index contributed by atoms with van der Waals surface area (Å²) in [5.41, 5.74) is 2.91. The van der Waals surface area contributed by atoms with Gasteiger partial charge in [0.05, 0.1) is 0 Å². The fourth-order valence-corrected chi connectivity index (χ4v) is 2.90. The molecule has 0 aromatic carbocycles. The van der Waals surface area contributed by atoms with E-state index in [9.17, 15) is 0 Å². The van der Waals surface area contributed by atoms with Gasteiger partial charge in [-0.25, -0.2) is 0 Å². The van der Waals surface area contributed by atoms with Gasteiger partial charge in [-0.2, -0.15) is 0 Å². The van der Waals surface area contributed by atoms with E-state index in [1.165, 1.54) is 88.3 Å². The van der Waals surface area contributed by atoms with Gasteiger partial charge in [0, 0.05) is 19.6 Å². The fraction of sp³-hybridized carbons (Fsp3) is 0.826. The molecule has 0 bridgehead atoms. The lowest BCUT2D eigenvalue weighted by atomic mass is 10.1. The van der Waals surface area contributed by atoms with Gasteiger partial charge in [0.2, 0.25) is 0 Å². The van der Waals surface area contributed by atoms with Crippen LogP contribution in [0.1, 0.15) is 98.3 Å². The van der Waals surface area contributed by atoms with Crippen molar-refractivity contribution in [1.82, 2.24) is 10.6 Å². The van der Waals surface area contributed by atoms with E-state index in [1.807, 2.05) is 0 Å². The standard InChI is InChI=1S/C23H46N2/c1-5-6-7-8-9-10-11-12-13-18-24-20-21-25-19-17-23(4)16-14-15-22(2)3/h15,17,24-25H,5-14,16,18-21H2,1-4H3. The summed E-state index contributed by atoms with van der Waals surface area (Å²) in [7, 11) is 0. The van der Waals surface area contributed by atoms with Crippen molar-refractivity contribution in [2.24, 2.45) is 0 Å². The molecule has 0 aliphatic heterocycles. The normalized spacial score (nSPS) is 11.8. The predicted molar refractivity (Wildman–Crippen MR) is 115 cm³/mol. The molecule has 2 N–H and O–H groups in total. The number of hydrogen-bond acceptors (Lipinski definition) is 2. The van der Waals surface area contributed by atoms with Gasteiger partial charge in [0.1, 0.15) is 0 Å². The topological polar surface area (TPSA) is 24.1 Å². The first kappa shape index (κ1) is 24.4. The molecule has 0 aliphatic rings. The Bertz CT molecular complexity index is 327. The Morgan fingerprint density at radius 1 is 0.680 bits per heavy atom. The second kappa shape index (κ2) is 19.7. The van der Waals surface area contributed by atoms with Gasteiger partial charge in [-0.3, -0.25) is 0 Å². The molecular weight excluding hydrogens is 304 g/mol. The molecule has 0 atom stereocenters. The smallest absolute Gasteiger partial charge is 0.0137 e. The Labute approximate surface area is 158 Å². The largest absolute Gasteiger partial charge is 0.315 e. The number of rotatable bonds is 18. The zero-order valence-corrected chi connectivity index (χ0v) is 17.8. The average Bonchev–Trinajstić information content (AvgIpc) is 2.58. The van der Waals surface area contributed by atoms with Gasteiger partial charge in [0.15, 0.2) is 0 Å². The maximum absolute atomic E-state index is 3.55. The van der Waals surface area contributed by atoms with Crippen LogP contribution in [0.4, 0.5) is 0 Å². The van der Waals surface area contributed by atoms with Crippen molar-refractivity contribution in [1.29, 1.82) is 0 Å². The van der Waals surface area contributed by atoms with Crippen molar-refractivity contribution in [3.8, 4) is 0 Å². The minimum atomic E-state index is 1.00. The van der Waals surface area contributed by atoms with Crippen molar-refractivity contribution >= 4 is 0 Å². The third-order valence-electron chi connectivity index (χ3n) is 4.62. The number of hydrogen-bond donors (Lipinski definition) is 2. The van der Waals surface area contributed by atoms with E-state index < -0.39 is 0 Å². The van der Waals surface area contributed by atoms with Crippen molar-refractivity contribution in [2.45, 2.75) is 98.3 Å². The summed E-state index contributed by atoms with van der Waals surface area (Å²) in [6.07, 6.45) is 19.7. The summed E-state index contributed by atoms with van der Waals surface area (Å²) >= 11 is 0. The predicted octanol–water partition coefficient (Wildman–Crippen LogP) is 6.39. The lowest BCUT2D eigenvalue weighted by molar-refractivity contribution is 0.545. The molecule has 0 spiro atoms. The molecule has 0 amide bonds. The molecule has 0 radical (unpaired) electrons. The Morgan fingerprint density at radius 2 is 1.28 bits per heavy atom. The van der Waals surface area contributed by atoms with E-state index in [0.29, 0.717) is 0 Å². The van der Waals surface area contributed by atoms with Crippen molar-refractivity contribution in [2.75, 3.05) is 26.2 Å². The zero-order valence-electron chi connectivity index (χ0n) is 17.8. The molecule has 148 valence electrons. The lowest BCUT2D eigenvalue weighted by Crippen LogP contribution is -2.28. The van der Waals surface area contributed by atoms with Crippen LogP contribution in [0.3, 0.4) is 0 Å². The van der Waals surface area contributed by atoms with Crippen LogP contribution in [-0.2, 0) is 0 Å². The number of nitrogens with one attached hydrogen (secondary N) is 2. The molecule has 25 heavy (non-hydrogen) atoms. The van der Waals surface area contributed by atoms with Crippen LogP contribution in [0, 0.1) is 0 Å². The third kappa shape index (κ3) is 21.4. The minimum Gasteiger partial charge on any atom is -0.315 e. The van der Waals surface area contributed by atoms with Gasteiger partial charge in [-0.1, -0.05) is 81.6 Å². The van der Waals surface area contributed by atoms with E-state index >= 15 is 0 Å². The highest BCUT2D eigenvalue weighted by Crippen LogP contribution is 2.09. The molecule has 0 fully saturated rings. The highest BCUT2D eigenvalue weighted by atomic mass is 14.9. The maximum atomic E-state index is 3.55. The third-order valence-corrected chi connectivity index (χ3v) is 4.62. The number of unbranched alkanes of at least 4 members (excludes halogenated alkanes) is 8. The van der Waals surface area contributed by atoms with Gasteiger partial charge in [-0.05, 0) is 46.6 Å². The van der Waals surface area contributed by atoms with E-state index in [0.717, 1.165) is 19.6 Å². The van der Waals surface area contributed by atoms with Crippen LogP contribution in [0.2, 0.25) is 0 Å². The van der Waals surface area contributed by atoms with Gasteiger partial charge in [-0.15, -0.1) is 0 Å². The SMILES string of the molecule is CCCCCCCCCCCNCCNCC=C(C)CCC=C(C)C. The molecule has 0 rings (SSSR count). The van der Waals surface area contributed by atoms with E-state index in [4.69, 9.17) is 0 Å². The first-order valence-corrected chi connectivity index (χ1v) is 10.9. The molecular formula is C23H46N2. The van der Waals surface area contributed by atoms with Crippen LogP contribution < -0.4 is 10.6 Å². The van der Waals surface area contributed by atoms with Crippen LogP contribution in [0.5, 0.6) is 0 Å². The molecule has 0 saturated heterocycles. The Morgan fingerprint density at radius 3 is 1.92 bits per heavy atom. The van der Waals surface area contributed by atoms with Crippen molar-refractivity contribution in [3.05, 3.63) is 23.3 Å². The second-order valence-electron chi connectivity index (χ2n) is 7.65. The van der Waals surface area contributed by atoms with Crippen LogP contribution in [0.15, 0.2) is 23.3 Å². The fourth-order valence-electron chi connectivity index (χ4n) is 2.90. The van der Waals surface area contributed by atoms with Gasteiger partial charge >= 0.3 is 0 Å². The number of allylic oxidation sites excluding steroid dienone is 3. The summed E-state index contributed by atoms with van der Waals surface area (Å²) < 4.78 is 0. The van der Waals surface area contributed by atoms with Crippen LogP contribution in [-0.4, -0.2) is 26.2 Å². The zero-order chi connectivity index (χ0) is 18.6. The Balaban J connectivity index is 3.22. The molecule has 0 aromatic heterocycles. The molecule has 0 unspecified atom stereocenters. The monoisotopic (exact) mass is 350 g/mol. The maximum Gasteiger partial charge on any atom is 0.0137 e. The van der Waals surface area contributed by atoms with Gasteiger partial charge < -0.3 is 10.6 Å². The molecule has 0 aliphatic carbocycles. The molecule has 0 aromatic rings. The molecule has 2 nitrogen and oxygen atoms in total. The Kier molecular flexibility index (Phi) is 19.2. The summed E-state index contributed by atoms with van der Waals surface area (Å²) in [6, 6.07) is 0. The minimum absolute atomic E-state index is 1.00. The second-order valence-corrected chi connectivity index (χ2v) is 7.65. The van der Waals surface area contributed by atoms with Crippen molar-refractivity contribution in [3.63, 3.8) is 0 Å². The summed E-state index contributed by atoms with van der Waals surface area (Å²) in [4.78, 5) is 0. The molecule has 0 saturated carbocycles. The van der Waals surface area contributed by atoms with E-state index in [-0.39, 0.29) is 0 Å². The summed E-state index contributed by atoms with van der Waals surface area (Å²) in [6.45, 7) is 13.2. The van der Waals surface area contributed by atoms with E-state index in [1.54, 1.807) is 0 Å². The summed E-state index contributed by atoms with van der Waals surface area (Å²) in [5, 5.41) is 7.04. The van der Waals surface area contributed by atoms with Crippen molar-refractivity contribution < 1.29 is 0 Å². The average molecular weight is 351 g/mol. The highest BCUT2D eigenvalue weighted by Gasteiger charge is 1.93. The first-order chi connectivity index (χ1) is 12.2. The molecule has 2 heteroatoms. The van der Waals surface area contributed by atoms with Crippen LogP contribution in [0.25, 0.3) is 0 Å². The van der Waals surface area contributed by atoms with Crippen LogP contribution >= 0.6 is 0 Å². The molecule has 0 heterocycles. The van der Waals surface area contributed by atoms with Gasteiger partial charge in [0.25, 0.3) is 0 Å². The van der Waals surface area contributed by atoms with E-state index in [2.05, 4.69) is 50.5 Å². The quantitative estimate of drug-likeness (QED) is 0.221. The summed E-state index contributed by atoms with van der Waals surface area (Å²) in [5.74, 6) is 0.